The highest BCUT2D eigenvalue weighted by atomic mass is 35.5. The first-order valence-corrected chi connectivity index (χ1v) is 32.6. The van der Waals surface area contributed by atoms with Crippen molar-refractivity contribution in [3.8, 4) is 0 Å². The third-order valence-corrected chi connectivity index (χ3v) is 23.0. The van der Waals surface area contributed by atoms with Crippen LogP contribution < -0.4 is 4.90 Å². The lowest BCUT2D eigenvalue weighted by atomic mass is 10.0. The fraction of sp³-hybridized carbons (Fsp3) is 0.854. The number of halogens is 2. The zero-order valence-electron chi connectivity index (χ0n) is 41.7. The molecular weight excluding hydrogens is 893 g/mol. The van der Waals surface area contributed by atoms with Gasteiger partial charge < -0.3 is 28.1 Å². The number of carbonyl (C=O) groups excluding carboxylic acids is 1. The molecule has 3 atom stereocenters. The van der Waals surface area contributed by atoms with Gasteiger partial charge in [0.15, 0.2) is 16.6 Å². The average molecular weight is 985 g/mol. The smallest absolute Gasteiger partial charge is 0.457 e. The van der Waals surface area contributed by atoms with Crippen LogP contribution in [0.25, 0.3) is 0 Å². The third kappa shape index (κ3) is 27.8. The van der Waals surface area contributed by atoms with Crippen molar-refractivity contribution >= 4 is 59.3 Å². The molecule has 1 N–H and O–H groups in total. The fourth-order valence-electron chi connectivity index (χ4n) is 6.48. The van der Waals surface area contributed by atoms with E-state index in [0.29, 0.717) is 44.3 Å². The van der Waals surface area contributed by atoms with Crippen molar-refractivity contribution in [2.24, 2.45) is 0 Å². The Bertz CT molecular complexity index is 1370. The summed E-state index contributed by atoms with van der Waals surface area (Å²) in [6.45, 7) is 25.5. The van der Waals surface area contributed by atoms with Crippen molar-refractivity contribution in [2.45, 2.75) is 206 Å². The monoisotopic (exact) mass is 984 g/mol. The van der Waals surface area contributed by atoms with Crippen LogP contribution in [-0.2, 0) is 43.2 Å². The minimum Gasteiger partial charge on any atom is -0.457 e. The molecular formula is C48H92Cl2NO9PSi2. The van der Waals surface area contributed by atoms with Gasteiger partial charge in [0.25, 0.3) is 0 Å². The standard InChI is InChI=1S/C48H92Cl2NO9PSi2/c1-12-13-14-15-16-17-18-19-20-21-22-23-24-25-37-55-38-44(59-46(52)28-26-27-42-29-31-43(32-30-42)51(35-33-49)36-34-50)39-56-61(53,54)57-40-45(60-63(10,11)48(5,6)7)41-58-62(8,9)47(2,3)4/h29-32,44-45H,12-28,33-41H2,1-11H3,(H,53,54)/t44-,45-/m1/s1. The number of rotatable bonds is 38. The fourth-order valence-corrected chi connectivity index (χ4v) is 10.0. The lowest BCUT2D eigenvalue weighted by Gasteiger charge is -2.41. The highest BCUT2D eigenvalue weighted by Crippen LogP contribution is 2.45. The summed E-state index contributed by atoms with van der Waals surface area (Å²) in [5, 5.41) is -0.110. The molecule has 0 aliphatic carbocycles. The number of unbranched alkanes of at least 4 members (excludes halogenated alkanes) is 13. The SMILES string of the molecule is CCCCCCCCCCCCCCCCOC[C@H](COP(=O)(O)OC[C@H](CO[Si](C)(C)C(C)(C)C)O[Si](C)(C)C(C)(C)C)OC(=O)CCCc1ccc(N(CCCl)CCCl)cc1. The summed E-state index contributed by atoms with van der Waals surface area (Å²) in [7, 11) is -9.02. The Morgan fingerprint density at radius 1 is 0.683 bits per heavy atom. The lowest BCUT2D eigenvalue weighted by Crippen LogP contribution is -2.49. The van der Waals surface area contributed by atoms with E-state index in [1.807, 2.05) is 12.1 Å². The molecule has 0 saturated carbocycles. The molecule has 15 heteroatoms. The van der Waals surface area contributed by atoms with Gasteiger partial charge in [-0.1, -0.05) is 144 Å². The van der Waals surface area contributed by atoms with E-state index >= 15 is 0 Å². The first-order valence-electron chi connectivity index (χ1n) is 24.2. The van der Waals surface area contributed by atoms with Crippen LogP contribution in [0, 0.1) is 0 Å². The summed E-state index contributed by atoms with van der Waals surface area (Å²) in [6.07, 6.45) is 17.8. The van der Waals surface area contributed by atoms with Crippen LogP contribution in [-0.4, -0.2) is 97.6 Å². The van der Waals surface area contributed by atoms with E-state index in [1.54, 1.807) is 0 Å². The van der Waals surface area contributed by atoms with Gasteiger partial charge in [-0.05, 0) is 73.2 Å². The Balaban J connectivity index is 2.81. The minimum atomic E-state index is -4.58. The number of hydrogen-bond donors (Lipinski definition) is 1. The van der Waals surface area contributed by atoms with Crippen molar-refractivity contribution in [3.05, 3.63) is 29.8 Å². The molecule has 0 aromatic heterocycles. The molecule has 0 radical (unpaired) electrons. The maximum Gasteiger partial charge on any atom is 0.472 e. The number of anilines is 1. The zero-order chi connectivity index (χ0) is 47.4. The number of phosphoric ester groups is 1. The van der Waals surface area contributed by atoms with Crippen molar-refractivity contribution in [1.29, 1.82) is 0 Å². The largest absolute Gasteiger partial charge is 0.472 e. The first-order chi connectivity index (χ1) is 29.6. The van der Waals surface area contributed by atoms with E-state index in [2.05, 4.69) is 91.7 Å². The summed E-state index contributed by atoms with van der Waals surface area (Å²) in [4.78, 5) is 26.2. The molecule has 0 saturated heterocycles. The lowest BCUT2D eigenvalue weighted by molar-refractivity contribution is -0.154. The molecule has 1 rings (SSSR count). The molecule has 63 heavy (non-hydrogen) atoms. The Kier molecular flexibility index (Phi) is 31.0. The van der Waals surface area contributed by atoms with Gasteiger partial charge in [0.05, 0.1) is 32.5 Å². The molecule has 0 heterocycles. The number of alkyl halides is 2. The molecule has 0 spiro atoms. The van der Waals surface area contributed by atoms with Crippen LogP contribution in [0.4, 0.5) is 5.69 Å². The second kappa shape index (κ2) is 32.3. The van der Waals surface area contributed by atoms with Gasteiger partial charge in [-0.15, -0.1) is 23.2 Å². The maximum atomic E-state index is 13.4. The Morgan fingerprint density at radius 3 is 1.63 bits per heavy atom. The predicted octanol–water partition coefficient (Wildman–Crippen LogP) is 14.2. The van der Waals surface area contributed by atoms with Crippen LogP contribution in [0.3, 0.4) is 0 Å². The van der Waals surface area contributed by atoms with Crippen molar-refractivity contribution < 1.29 is 41.6 Å². The van der Waals surface area contributed by atoms with E-state index in [9.17, 15) is 14.3 Å². The second-order valence-corrected chi connectivity index (χ2v) is 32.1. The molecule has 10 nitrogen and oxygen atoms in total. The second-order valence-electron chi connectivity index (χ2n) is 20.3. The van der Waals surface area contributed by atoms with Gasteiger partial charge in [0.1, 0.15) is 6.10 Å². The van der Waals surface area contributed by atoms with Crippen LogP contribution in [0.1, 0.15) is 157 Å². The van der Waals surface area contributed by atoms with Gasteiger partial charge in [-0.2, -0.15) is 0 Å². The Labute approximate surface area is 397 Å². The van der Waals surface area contributed by atoms with E-state index in [4.69, 9.17) is 50.6 Å². The topological polar surface area (TPSA) is 113 Å². The number of carbonyl (C=O) groups is 1. The van der Waals surface area contributed by atoms with Crippen molar-refractivity contribution in [3.63, 3.8) is 0 Å². The number of ether oxygens (including phenoxy) is 2. The van der Waals surface area contributed by atoms with Gasteiger partial charge >= 0.3 is 13.8 Å². The quantitative estimate of drug-likeness (QED) is 0.0226. The molecule has 0 amide bonds. The van der Waals surface area contributed by atoms with Crippen molar-refractivity contribution in [1.82, 2.24) is 0 Å². The van der Waals surface area contributed by atoms with Gasteiger partial charge in [-0.3, -0.25) is 13.8 Å². The van der Waals surface area contributed by atoms with E-state index in [-0.39, 0.29) is 42.9 Å². The summed E-state index contributed by atoms with van der Waals surface area (Å²) in [5.74, 6) is 0.607. The minimum absolute atomic E-state index is 0.0195. The van der Waals surface area contributed by atoms with Gasteiger partial charge in [0.2, 0.25) is 0 Å². The van der Waals surface area contributed by atoms with Gasteiger partial charge in [0, 0.05) is 43.6 Å². The molecule has 1 aromatic rings. The molecule has 0 fully saturated rings. The number of hydrogen-bond acceptors (Lipinski definition) is 9. The van der Waals surface area contributed by atoms with Gasteiger partial charge in [-0.25, -0.2) is 4.57 Å². The maximum absolute atomic E-state index is 13.4. The number of phosphoric acid groups is 1. The molecule has 0 bridgehead atoms. The number of benzene rings is 1. The summed E-state index contributed by atoms with van der Waals surface area (Å²) >= 11 is 12.0. The van der Waals surface area contributed by atoms with Crippen LogP contribution in [0.15, 0.2) is 24.3 Å². The van der Waals surface area contributed by atoms with E-state index < -0.39 is 42.6 Å². The summed E-state index contributed by atoms with van der Waals surface area (Å²) < 4.78 is 49.4. The summed E-state index contributed by atoms with van der Waals surface area (Å²) in [5.41, 5.74) is 2.16. The highest BCUT2D eigenvalue weighted by Gasteiger charge is 2.42. The number of aryl methyl sites for hydroxylation is 1. The molecule has 1 aromatic carbocycles. The molecule has 1 unspecified atom stereocenters. The van der Waals surface area contributed by atoms with E-state index in [1.165, 1.54) is 70.6 Å². The van der Waals surface area contributed by atoms with E-state index in [0.717, 1.165) is 30.5 Å². The van der Waals surface area contributed by atoms with Crippen LogP contribution in [0.5, 0.6) is 0 Å². The third-order valence-electron chi connectivity index (χ3n) is 12.7. The average Bonchev–Trinajstić information content (AvgIpc) is 3.20. The predicted molar refractivity (Wildman–Crippen MR) is 271 cm³/mol. The molecule has 370 valence electrons. The summed E-state index contributed by atoms with van der Waals surface area (Å²) in [6, 6.07) is 8.21. The Hall–Kier alpha value is -0.506. The van der Waals surface area contributed by atoms with Crippen LogP contribution in [0.2, 0.25) is 36.3 Å². The number of esters is 1. The first kappa shape index (κ1) is 60.5. The van der Waals surface area contributed by atoms with Crippen LogP contribution >= 0.6 is 31.0 Å². The highest BCUT2D eigenvalue weighted by molar-refractivity contribution is 7.47. The molecule has 0 aliphatic heterocycles. The normalized spacial score (nSPS) is 14.7. The zero-order valence-corrected chi connectivity index (χ0v) is 46.1. The number of nitrogens with zero attached hydrogens (tertiary/aromatic N) is 1. The molecule has 0 aliphatic rings. The Morgan fingerprint density at radius 2 is 1.16 bits per heavy atom. The van der Waals surface area contributed by atoms with Crippen molar-refractivity contribution in [2.75, 3.05) is 62.8 Å².